The molecule has 5 nitrogen and oxygen atoms in total. The molecule has 178 valence electrons. The van der Waals surface area contributed by atoms with Gasteiger partial charge in [0.15, 0.2) is 11.4 Å². The Balaban J connectivity index is 1.79. The highest BCUT2D eigenvalue weighted by Crippen LogP contribution is 2.46. The van der Waals surface area contributed by atoms with Crippen LogP contribution in [-0.4, -0.2) is 27.7 Å². The van der Waals surface area contributed by atoms with Gasteiger partial charge < -0.3 is 4.74 Å². The first kappa shape index (κ1) is 22.5. The molecule has 5 aromatic rings. The van der Waals surface area contributed by atoms with Gasteiger partial charge >= 0.3 is 0 Å². The number of halogens is 1. The van der Waals surface area contributed by atoms with Gasteiger partial charge in [-0.15, -0.1) is 0 Å². The third kappa shape index (κ3) is 3.34. The van der Waals surface area contributed by atoms with Crippen LogP contribution in [-0.2, 0) is 5.41 Å². The van der Waals surface area contributed by atoms with Crippen LogP contribution in [0.5, 0.6) is 5.75 Å². The molecule has 0 amide bonds. The summed E-state index contributed by atoms with van der Waals surface area (Å²) in [5.41, 5.74) is 6.72. The minimum atomic E-state index is -0.304. The molecule has 6 rings (SSSR count). The minimum absolute atomic E-state index is 0.0140. The highest BCUT2D eigenvalue weighted by Gasteiger charge is 2.36. The Bertz CT molecular complexity index is 1660. The second kappa shape index (κ2) is 8.04. The van der Waals surface area contributed by atoms with Gasteiger partial charge in [0, 0.05) is 27.1 Å². The summed E-state index contributed by atoms with van der Waals surface area (Å²) in [5, 5.41) is 6.61. The van der Waals surface area contributed by atoms with Crippen LogP contribution in [0.4, 0.5) is 0 Å². The smallest absolute Gasteiger partial charge is 0.196 e. The van der Waals surface area contributed by atoms with Gasteiger partial charge in [-0.3, -0.25) is 4.79 Å². The Morgan fingerprint density at radius 1 is 0.861 bits per heavy atom. The SMILES string of the molecule is COc1ccc(-c2c3c(nc4c2c(C(C)(C)C)nn4-c2ccc(Cl)cc2)-c2ccccc2C3=O)cc1. The molecular weight excluding hydrogens is 470 g/mol. The molecule has 0 unspecified atom stereocenters. The highest BCUT2D eigenvalue weighted by molar-refractivity contribution is 6.30. The second-order valence-electron chi connectivity index (χ2n) is 10.00. The summed E-state index contributed by atoms with van der Waals surface area (Å²) < 4.78 is 7.27. The lowest BCUT2D eigenvalue weighted by Crippen LogP contribution is -2.13. The summed E-state index contributed by atoms with van der Waals surface area (Å²) in [4.78, 5) is 18.9. The summed E-state index contributed by atoms with van der Waals surface area (Å²) in [6.45, 7) is 6.38. The largest absolute Gasteiger partial charge is 0.497 e. The molecule has 36 heavy (non-hydrogen) atoms. The van der Waals surface area contributed by atoms with Crippen molar-refractivity contribution in [3.63, 3.8) is 0 Å². The molecule has 0 saturated carbocycles. The molecule has 0 spiro atoms. The number of ketones is 1. The maximum atomic E-state index is 13.8. The summed E-state index contributed by atoms with van der Waals surface area (Å²) >= 11 is 6.18. The number of nitrogens with zero attached hydrogens (tertiary/aromatic N) is 3. The van der Waals surface area contributed by atoms with Gasteiger partial charge in [-0.2, -0.15) is 5.10 Å². The van der Waals surface area contributed by atoms with Gasteiger partial charge in [0.1, 0.15) is 5.75 Å². The lowest BCUT2D eigenvalue weighted by atomic mass is 9.86. The van der Waals surface area contributed by atoms with Crippen LogP contribution < -0.4 is 4.74 Å². The Hall–Kier alpha value is -3.96. The number of ether oxygens (including phenoxy) is 1. The molecule has 0 fully saturated rings. The summed E-state index contributed by atoms with van der Waals surface area (Å²) in [6.07, 6.45) is 0. The van der Waals surface area contributed by atoms with E-state index in [0.29, 0.717) is 27.5 Å². The zero-order chi connectivity index (χ0) is 25.2. The average molecular weight is 494 g/mol. The van der Waals surface area contributed by atoms with E-state index in [1.54, 1.807) is 7.11 Å². The number of fused-ring (bicyclic) bond motifs is 4. The highest BCUT2D eigenvalue weighted by atomic mass is 35.5. The van der Waals surface area contributed by atoms with Crippen LogP contribution in [0.25, 0.3) is 39.1 Å². The van der Waals surface area contributed by atoms with Gasteiger partial charge in [-0.1, -0.05) is 68.8 Å². The quantitative estimate of drug-likeness (QED) is 0.260. The van der Waals surface area contributed by atoms with E-state index in [4.69, 9.17) is 26.4 Å². The molecule has 0 atom stereocenters. The molecule has 1 aliphatic rings. The predicted octanol–water partition coefficient (Wildman–Crippen LogP) is 7.26. The normalized spacial score (nSPS) is 12.6. The van der Waals surface area contributed by atoms with E-state index in [1.807, 2.05) is 77.5 Å². The van der Waals surface area contributed by atoms with E-state index in [2.05, 4.69) is 20.8 Å². The molecule has 0 radical (unpaired) electrons. The monoisotopic (exact) mass is 493 g/mol. The molecule has 6 heteroatoms. The number of carbonyl (C=O) groups excluding carboxylic acids is 1. The summed E-state index contributed by atoms with van der Waals surface area (Å²) in [5.74, 6) is 0.739. The van der Waals surface area contributed by atoms with E-state index in [0.717, 1.165) is 39.2 Å². The molecule has 3 aromatic carbocycles. The summed E-state index contributed by atoms with van der Waals surface area (Å²) in [6, 6.07) is 23.1. The van der Waals surface area contributed by atoms with Crippen LogP contribution in [0.15, 0.2) is 72.8 Å². The van der Waals surface area contributed by atoms with Crippen molar-refractivity contribution in [1.82, 2.24) is 14.8 Å². The lowest BCUT2D eigenvalue weighted by molar-refractivity contribution is 0.104. The number of aromatic nitrogens is 3. The van der Waals surface area contributed by atoms with E-state index >= 15 is 0 Å². The van der Waals surface area contributed by atoms with E-state index in [-0.39, 0.29) is 11.2 Å². The fraction of sp³-hybridized carbons (Fsp3) is 0.167. The van der Waals surface area contributed by atoms with Gasteiger partial charge in [-0.25, -0.2) is 9.67 Å². The first-order valence-corrected chi connectivity index (χ1v) is 12.2. The van der Waals surface area contributed by atoms with E-state index < -0.39 is 0 Å². The second-order valence-corrected chi connectivity index (χ2v) is 10.4. The van der Waals surface area contributed by atoms with Crippen LogP contribution in [0.2, 0.25) is 5.02 Å². The van der Waals surface area contributed by atoms with Crippen LogP contribution in [0.3, 0.4) is 0 Å². The van der Waals surface area contributed by atoms with Crippen molar-refractivity contribution < 1.29 is 9.53 Å². The Morgan fingerprint density at radius 2 is 1.53 bits per heavy atom. The fourth-order valence-corrected chi connectivity index (χ4v) is 5.05. The average Bonchev–Trinajstić information content (AvgIpc) is 3.40. The number of hydrogen-bond donors (Lipinski definition) is 0. The molecule has 0 aliphatic heterocycles. The maximum absolute atomic E-state index is 13.8. The number of benzene rings is 3. The minimum Gasteiger partial charge on any atom is -0.497 e. The number of methoxy groups -OCH3 is 1. The predicted molar refractivity (Wildman–Crippen MR) is 143 cm³/mol. The van der Waals surface area contributed by atoms with Gasteiger partial charge in [0.05, 0.1) is 35.1 Å². The molecule has 2 aromatic heterocycles. The zero-order valence-corrected chi connectivity index (χ0v) is 21.2. The van der Waals surface area contributed by atoms with Gasteiger partial charge in [-0.05, 0) is 42.0 Å². The van der Waals surface area contributed by atoms with Crippen molar-refractivity contribution in [2.24, 2.45) is 0 Å². The van der Waals surface area contributed by atoms with Crippen molar-refractivity contribution in [3.8, 4) is 33.8 Å². The molecule has 0 N–H and O–H groups in total. The van der Waals surface area contributed by atoms with Crippen molar-refractivity contribution in [3.05, 3.63) is 94.6 Å². The van der Waals surface area contributed by atoms with Crippen molar-refractivity contribution in [2.45, 2.75) is 26.2 Å². The standard InChI is InChI=1S/C30H24ClN3O2/c1-30(2,3)28-25-23(17-9-15-20(36-4)16-10-17)24-26(21-7-5-6-8-22(21)27(24)35)32-29(25)34(33-28)19-13-11-18(31)12-14-19/h5-16H,1-4H3. The number of rotatable bonds is 3. The van der Waals surface area contributed by atoms with Crippen LogP contribution >= 0.6 is 11.6 Å². The molecule has 2 heterocycles. The molecule has 0 bridgehead atoms. The maximum Gasteiger partial charge on any atom is 0.196 e. The van der Waals surface area contributed by atoms with Crippen molar-refractivity contribution in [2.75, 3.05) is 7.11 Å². The van der Waals surface area contributed by atoms with Crippen LogP contribution in [0, 0.1) is 0 Å². The van der Waals surface area contributed by atoms with Gasteiger partial charge in [0.25, 0.3) is 0 Å². The molecule has 0 saturated heterocycles. The lowest BCUT2D eigenvalue weighted by Gasteiger charge is -2.18. The summed E-state index contributed by atoms with van der Waals surface area (Å²) in [7, 11) is 1.64. The van der Waals surface area contributed by atoms with E-state index in [1.165, 1.54) is 0 Å². The van der Waals surface area contributed by atoms with E-state index in [9.17, 15) is 4.79 Å². The van der Waals surface area contributed by atoms with Crippen molar-refractivity contribution >= 4 is 28.4 Å². The van der Waals surface area contributed by atoms with Crippen molar-refractivity contribution in [1.29, 1.82) is 0 Å². The third-order valence-electron chi connectivity index (χ3n) is 6.63. The van der Waals surface area contributed by atoms with Gasteiger partial charge in [0.2, 0.25) is 0 Å². The topological polar surface area (TPSA) is 57.0 Å². The Morgan fingerprint density at radius 3 is 2.17 bits per heavy atom. The fourth-order valence-electron chi connectivity index (χ4n) is 4.92. The van der Waals surface area contributed by atoms with Crippen LogP contribution in [0.1, 0.15) is 42.4 Å². The zero-order valence-electron chi connectivity index (χ0n) is 20.5. The Kier molecular flexibility index (Phi) is 5.02. The number of carbonyl (C=O) groups is 1. The Labute approximate surface area is 214 Å². The first-order valence-electron chi connectivity index (χ1n) is 11.8. The number of hydrogen-bond acceptors (Lipinski definition) is 4. The third-order valence-corrected chi connectivity index (χ3v) is 6.88. The molecular formula is C30H24ClN3O2. The molecule has 1 aliphatic carbocycles. The number of pyridine rings is 1. The first-order chi connectivity index (χ1) is 17.3.